The standard InChI is InChI=1S/C11H23NO/c1-3-9(2)12-11(8-13)10-6-4-5-7-10/h9-13H,3-8H2,1-2H3. The summed E-state index contributed by atoms with van der Waals surface area (Å²) in [6, 6.07) is 0.884. The Hall–Kier alpha value is -0.0800. The van der Waals surface area contributed by atoms with Crippen LogP contribution >= 0.6 is 0 Å². The lowest BCUT2D eigenvalue weighted by Gasteiger charge is -2.26. The molecule has 1 aliphatic carbocycles. The summed E-state index contributed by atoms with van der Waals surface area (Å²) in [7, 11) is 0. The summed E-state index contributed by atoms with van der Waals surface area (Å²) in [5.74, 6) is 0.721. The van der Waals surface area contributed by atoms with Gasteiger partial charge in [-0.05, 0) is 32.1 Å². The Balaban J connectivity index is 2.32. The third-order valence-corrected chi connectivity index (χ3v) is 3.28. The summed E-state index contributed by atoms with van der Waals surface area (Å²) in [6.07, 6.45) is 6.44. The van der Waals surface area contributed by atoms with E-state index >= 15 is 0 Å². The highest BCUT2D eigenvalue weighted by Crippen LogP contribution is 2.27. The number of rotatable bonds is 5. The Morgan fingerprint density at radius 3 is 2.46 bits per heavy atom. The van der Waals surface area contributed by atoms with E-state index in [9.17, 15) is 5.11 Å². The van der Waals surface area contributed by atoms with Crippen LogP contribution < -0.4 is 5.32 Å². The lowest BCUT2D eigenvalue weighted by molar-refractivity contribution is 0.188. The minimum atomic E-state index is 0.301. The molecule has 1 saturated carbocycles. The van der Waals surface area contributed by atoms with Crippen LogP contribution in [0.25, 0.3) is 0 Å². The first-order valence-corrected chi connectivity index (χ1v) is 5.64. The van der Waals surface area contributed by atoms with Gasteiger partial charge in [0, 0.05) is 12.1 Å². The first kappa shape index (κ1) is 11.0. The number of aliphatic hydroxyl groups is 1. The van der Waals surface area contributed by atoms with Crippen molar-refractivity contribution in [2.24, 2.45) is 5.92 Å². The van der Waals surface area contributed by atoms with Gasteiger partial charge in [0.15, 0.2) is 0 Å². The third kappa shape index (κ3) is 3.28. The second kappa shape index (κ2) is 5.61. The highest BCUT2D eigenvalue weighted by atomic mass is 16.3. The molecule has 0 aliphatic heterocycles. The first-order chi connectivity index (χ1) is 6.27. The zero-order valence-electron chi connectivity index (χ0n) is 8.92. The summed E-state index contributed by atoms with van der Waals surface area (Å²) in [6.45, 7) is 4.67. The summed E-state index contributed by atoms with van der Waals surface area (Å²) >= 11 is 0. The molecule has 0 aromatic heterocycles. The molecule has 0 radical (unpaired) electrons. The van der Waals surface area contributed by atoms with Gasteiger partial charge in [-0.15, -0.1) is 0 Å². The largest absolute Gasteiger partial charge is 0.395 e. The van der Waals surface area contributed by atoms with E-state index in [1.54, 1.807) is 0 Å². The molecule has 78 valence electrons. The van der Waals surface area contributed by atoms with Crippen molar-refractivity contribution < 1.29 is 5.11 Å². The normalized spacial score (nSPS) is 23.3. The first-order valence-electron chi connectivity index (χ1n) is 5.64. The van der Waals surface area contributed by atoms with Gasteiger partial charge in [-0.1, -0.05) is 19.8 Å². The van der Waals surface area contributed by atoms with Gasteiger partial charge in [0.05, 0.1) is 6.61 Å². The summed E-state index contributed by atoms with van der Waals surface area (Å²) < 4.78 is 0. The molecule has 2 nitrogen and oxygen atoms in total. The van der Waals surface area contributed by atoms with Crippen LogP contribution in [-0.4, -0.2) is 23.8 Å². The van der Waals surface area contributed by atoms with Crippen molar-refractivity contribution in [3.05, 3.63) is 0 Å². The van der Waals surface area contributed by atoms with Gasteiger partial charge in [0.2, 0.25) is 0 Å². The van der Waals surface area contributed by atoms with Crippen molar-refractivity contribution in [3.63, 3.8) is 0 Å². The summed E-state index contributed by atoms with van der Waals surface area (Å²) in [5.41, 5.74) is 0. The topological polar surface area (TPSA) is 32.3 Å². The van der Waals surface area contributed by atoms with Crippen LogP contribution in [-0.2, 0) is 0 Å². The van der Waals surface area contributed by atoms with E-state index in [4.69, 9.17) is 0 Å². The van der Waals surface area contributed by atoms with E-state index in [1.807, 2.05) is 0 Å². The molecule has 0 saturated heterocycles. The Kier molecular flexibility index (Phi) is 4.74. The molecule has 0 bridgehead atoms. The van der Waals surface area contributed by atoms with Gasteiger partial charge in [0.1, 0.15) is 0 Å². The molecule has 1 rings (SSSR count). The molecule has 1 fully saturated rings. The lowest BCUT2D eigenvalue weighted by atomic mass is 9.98. The smallest absolute Gasteiger partial charge is 0.0587 e. The molecule has 0 aromatic rings. The average molecular weight is 185 g/mol. The number of hydrogen-bond donors (Lipinski definition) is 2. The zero-order chi connectivity index (χ0) is 9.68. The zero-order valence-corrected chi connectivity index (χ0v) is 8.92. The number of nitrogens with one attached hydrogen (secondary N) is 1. The van der Waals surface area contributed by atoms with Gasteiger partial charge >= 0.3 is 0 Å². The molecule has 13 heavy (non-hydrogen) atoms. The van der Waals surface area contributed by atoms with Crippen LogP contribution in [0.4, 0.5) is 0 Å². The number of aliphatic hydroxyl groups excluding tert-OH is 1. The molecular weight excluding hydrogens is 162 g/mol. The number of hydrogen-bond acceptors (Lipinski definition) is 2. The molecule has 0 aromatic carbocycles. The van der Waals surface area contributed by atoms with Crippen LogP contribution in [0.1, 0.15) is 46.0 Å². The maximum Gasteiger partial charge on any atom is 0.0587 e. The van der Waals surface area contributed by atoms with Crippen molar-refractivity contribution >= 4 is 0 Å². The van der Waals surface area contributed by atoms with Gasteiger partial charge in [-0.25, -0.2) is 0 Å². The summed E-state index contributed by atoms with van der Waals surface area (Å²) in [4.78, 5) is 0. The van der Waals surface area contributed by atoms with E-state index in [0.29, 0.717) is 18.7 Å². The maximum atomic E-state index is 9.27. The molecular formula is C11H23NO. The molecule has 0 heterocycles. The van der Waals surface area contributed by atoms with Crippen LogP contribution in [0.15, 0.2) is 0 Å². The van der Waals surface area contributed by atoms with Crippen molar-refractivity contribution in [1.82, 2.24) is 5.32 Å². The fraction of sp³-hybridized carbons (Fsp3) is 1.00. The molecule has 0 spiro atoms. The van der Waals surface area contributed by atoms with E-state index in [-0.39, 0.29) is 0 Å². The molecule has 2 N–H and O–H groups in total. The molecule has 1 aliphatic rings. The van der Waals surface area contributed by atoms with Crippen LogP contribution in [0.5, 0.6) is 0 Å². The van der Waals surface area contributed by atoms with E-state index in [2.05, 4.69) is 19.2 Å². The van der Waals surface area contributed by atoms with Gasteiger partial charge in [-0.3, -0.25) is 0 Å². The predicted molar refractivity (Wildman–Crippen MR) is 55.7 cm³/mol. The van der Waals surface area contributed by atoms with Crippen LogP contribution in [0, 0.1) is 5.92 Å². The van der Waals surface area contributed by atoms with Crippen molar-refractivity contribution in [2.75, 3.05) is 6.61 Å². The lowest BCUT2D eigenvalue weighted by Crippen LogP contribution is -2.43. The summed E-state index contributed by atoms with van der Waals surface area (Å²) in [5, 5.41) is 12.8. The van der Waals surface area contributed by atoms with Crippen LogP contribution in [0.2, 0.25) is 0 Å². The Labute approximate surface area is 81.7 Å². The van der Waals surface area contributed by atoms with Crippen molar-refractivity contribution in [1.29, 1.82) is 0 Å². The van der Waals surface area contributed by atoms with Crippen LogP contribution in [0.3, 0.4) is 0 Å². The second-order valence-electron chi connectivity index (χ2n) is 4.31. The highest BCUT2D eigenvalue weighted by Gasteiger charge is 2.24. The molecule has 0 amide bonds. The quantitative estimate of drug-likeness (QED) is 0.686. The van der Waals surface area contributed by atoms with Crippen molar-refractivity contribution in [3.8, 4) is 0 Å². The Morgan fingerprint density at radius 2 is 2.00 bits per heavy atom. The molecule has 2 unspecified atom stereocenters. The Bertz CT molecular complexity index is 132. The fourth-order valence-electron chi connectivity index (χ4n) is 2.18. The van der Waals surface area contributed by atoms with Gasteiger partial charge in [0.25, 0.3) is 0 Å². The average Bonchev–Trinajstić information content (AvgIpc) is 2.66. The molecule has 2 heteroatoms. The van der Waals surface area contributed by atoms with E-state index in [0.717, 1.165) is 12.3 Å². The Morgan fingerprint density at radius 1 is 1.38 bits per heavy atom. The van der Waals surface area contributed by atoms with Gasteiger partial charge in [-0.2, -0.15) is 0 Å². The minimum Gasteiger partial charge on any atom is -0.395 e. The third-order valence-electron chi connectivity index (χ3n) is 3.28. The van der Waals surface area contributed by atoms with E-state index < -0.39 is 0 Å². The molecule has 2 atom stereocenters. The SMILES string of the molecule is CCC(C)NC(CO)C1CCCC1. The van der Waals surface area contributed by atoms with Crippen molar-refractivity contribution in [2.45, 2.75) is 58.0 Å². The van der Waals surface area contributed by atoms with Gasteiger partial charge < -0.3 is 10.4 Å². The monoisotopic (exact) mass is 185 g/mol. The second-order valence-corrected chi connectivity index (χ2v) is 4.31. The minimum absolute atomic E-state index is 0.301. The predicted octanol–water partition coefficient (Wildman–Crippen LogP) is 1.93. The maximum absolute atomic E-state index is 9.27. The van der Waals surface area contributed by atoms with E-state index in [1.165, 1.54) is 25.7 Å². The highest BCUT2D eigenvalue weighted by molar-refractivity contribution is 4.81. The fourth-order valence-corrected chi connectivity index (χ4v) is 2.18.